The van der Waals surface area contributed by atoms with Gasteiger partial charge in [0, 0.05) is 19.0 Å². The van der Waals surface area contributed by atoms with Gasteiger partial charge in [-0.05, 0) is 75.9 Å². The number of ether oxygens (including phenoxy) is 1. The van der Waals surface area contributed by atoms with Crippen LogP contribution in [0.3, 0.4) is 0 Å². The predicted molar refractivity (Wildman–Crippen MR) is 120 cm³/mol. The minimum Gasteiger partial charge on any atom is -0.492 e. The number of H-pyrrole nitrogens is 1. The van der Waals surface area contributed by atoms with Gasteiger partial charge in [-0.15, -0.1) is 0 Å². The zero-order valence-electron chi connectivity index (χ0n) is 18.5. The summed E-state index contributed by atoms with van der Waals surface area (Å²) in [5, 5.41) is 7.40. The third-order valence-corrected chi connectivity index (χ3v) is 6.53. The Hall–Kier alpha value is -1.92. The first-order valence-electron chi connectivity index (χ1n) is 11.9. The van der Waals surface area contributed by atoms with E-state index in [1.54, 1.807) is 0 Å². The lowest BCUT2D eigenvalue weighted by Gasteiger charge is -2.36. The Kier molecular flexibility index (Phi) is 7.76. The monoisotopic (exact) mass is 411 g/mol. The summed E-state index contributed by atoms with van der Waals surface area (Å²) in [6.45, 7) is 8.08. The van der Waals surface area contributed by atoms with Crippen LogP contribution in [0.1, 0.15) is 62.7 Å². The highest BCUT2D eigenvalue weighted by atomic mass is 16.5. The lowest BCUT2D eigenvalue weighted by Crippen LogP contribution is -2.40. The van der Waals surface area contributed by atoms with Gasteiger partial charge in [0.05, 0.1) is 6.54 Å². The molecule has 4 rings (SSSR count). The van der Waals surface area contributed by atoms with Crippen molar-refractivity contribution in [2.24, 2.45) is 0 Å². The second-order valence-corrected chi connectivity index (χ2v) is 8.76. The van der Waals surface area contributed by atoms with Crippen LogP contribution in [0.5, 0.6) is 5.75 Å². The Morgan fingerprint density at radius 1 is 1.07 bits per heavy atom. The van der Waals surface area contributed by atoms with Crippen molar-refractivity contribution in [2.75, 3.05) is 32.8 Å². The van der Waals surface area contributed by atoms with Crippen LogP contribution < -0.4 is 4.74 Å². The number of hydrogen-bond acceptors (Lipinski definition) is 5. The Balaban J connectivity index is 1.43. The zero-order chi connectivity index (χ0) is 20.6. The van der Waals surface area contributed by atoms with Crippen molar-refractivity contribution in [3.63, 3.8) is 0 Å². The van der Waals surface area contributed by atoms with E-state index in [1.165, 1.54) is 57.2 Å². The maximum atomic E-state index is 6.13. The van der Waals surface area contributed by atoms with Gasteiger partial charge >= 0.3 is 0 Å². The Bertz CT molecular complexity index is 776. The molecule has 6 heteroatoms. The summed E-state index contributed by atoms with van der Waals surface area (Å²) in [6.07, 6.45) is 9.85. The summed E-state index contributed by atoms with van der Waals surface area (Å²) >= 11 is 0. The number of aromatic amines is 1. The molecule has 0 aliphatic carbocycles. The highest BCUT2D eigenvalue weighted by Crippen LogP contribution is 2.23. The van der Waals surface area contributed by atoms with Crippen LogP contribution in [0.4, 0.5) is 0 Å². The highest BCUT2D eigenvalue weighted by Gasteiger charge is 2.22. The van der Waals surface area contributed by atoms with Crippen LogP contribution in [0, 0.1) is 0 Å². The Morgan fingerprint density at radius 2 is 1.93 bits per heavy atom. The first-order chi connectivity index (χ1) is 14.8. The molecular formula is C24H37N5O. The maximum Gasteiger partial charge on any atom is 0.150 e. The van der Waals surface area contributed by atoms with E-state index in [1.807, 2.05) is 0 Å². The van der Waals surface area contributed by atoms with Gasteiger partial charge in [0.1, 0.15) is 24.0 Å². The zero-order valence-corrected chi connectivity index (χ0v) is 18.5. The molecule has 2 aliphatic rings. The fourth-order valence-electron chi connectivity index (χ4n) is 4.79. The van der Waals surface area contributed by atoms with E-state index in [0.717, 1.165) is 55.9 Å². The maximum absolute atomic E-state index is 6.13. The minimum atomic E-state index is 0.701. The molecule has 2 aliphatic heterocycles. The van der Waals surface area contributed by atoms with Gasteiger partial charge < -0.3 is 9.64 Å². The van der Waals surface area contributed by atoms with Crippen molar-refractivity contribution >= 4 is 0 Å². The second kappa shape index (κ2) is 10.9. The standard InChI is InChI=1S/C24H37N5O/c1-2-23-25-24(27-26-23)19-28-13-5-6-15-29-14-4-3-9-21(29)12-11-20-8-7-10-22(18-20)30-17-16-28/h7-8,10,18,21H,2-6,9,11-17,19H2,1H3,(H,25,26,27). The molecule has 1 unspecified atom stereocenters. The van der Waals surface area contributed by atoms with Crippen LogP contribution >= 0.6 is 0 Å². The number of benzene rings is 1. The van der Waals surface area contributed by atoms with Gasteiger partial charge in [0.25, 0.3) is 0 Å². The second-order valence-electron chi connectivity index (χ2n) is 8.76. The Labute approximate surface area is 181 Å². The molecule has 1 aromatic carbocycles. The van der Waals surface area contributed by atoms with E-state index in [0.29, 0.717) is 6.61 Å². The van der Waals surface area contributed by atoms with Gasteiger partial charge in [0.15, 0.2) is 0 Å². The first kappa shape index (κ1) is 21.3. The smallest absolute Gasteiger partial charge is 0.150 e. The predicted octanol–water partition coefficient (Wildman–Crippen LogP) is 3.83. The van der Waals surface area contributed by atoms with Gasteiger partial charge in [-0.2, -0.15) is 5.10 Å². The largest absolute Gasteiger partial charge is 0.492 e. The lowest BCUT2D eigenvalue weighted by atomic mass is 9.95. The number of nitrogens with zero attached hydrogens (tertiary/aromatic N) is 4. The molecule has 3 heterocycles. The van der Waals surface area contributed by atoms with E-state index in [-0.39, 0.29) is 0 Å². The number of aryl methyl sites for hydroxylation is 2. The Morgan fingerprint density at radius 3 is 2.80 bits per heavy atom. The van der Waals surface area contributed by atoms with E-state index >= 15 is 0 Å². The van der Waals surface area contributed by atoms with E-state index < -0.39 is 0 Å². The minimum absolute atomic E-state index is 0.701. The lowest BCUT2D eigenvalue weighted by molar-refractivity contribution is 0.134. The fraction of sp³-hybridized carbons (Fsp3) is 0.667. The quantitative estimate of drug-likeness (QED) is 0.832. The summed E-state index contributed by atoms with van der Waals surface area (Å²) in [7, 11) is 0. The van der Waals surface area contributed by atoms with Crippen LogP contribution in [0.25, 0.3) is 0 Å². The van der Waals surface area contributed by atoms with Gasteiger partial charge in [-0.3, -0.25) is 10.00 Å². The van der Waals surface area contributed by atoms with Crippen molar-refractivity contribution < 1.29 is 4.74 Å². The van der Waals surface area contributed by atoms with Crippen molar-refractivity contribution in [3.05, 3.63) is 41.5 Å². The molecule has 164 valence electrons. The summed E-state index contributed by atoms with van der Waals surface area (Å²) < 4.78 is 6.13. The first-order valence-corrected chi connectivity index (χ1v) is 11.9. The number of nitrogens with one attached hydrogen (secondary N) is 1. The SMILES string of the molecule is CCc1n[nH]c(CN2CCCCN3CCCCC3CCc3cccc(c3)OCC2)n1. The molecule has 1 atom stereocenters. The molecule has 0 amide bonds. The van der Waals surface area contributed by atoms with Crippen molar-refractivity contribution in [2.45, 2.75) is 70.9 Å². The van der Waals surface area contributed by atoms with Gasteiger partial charge in [-0.25, -0.2) is 4.98 Å². The molecule has 1 N–H and O–H groups in total. The van der Waals surface area contributed by atoms with E-state index in [2.05, 4.69) is 56.2 Å². The molecule has 0 spiro atoms. The molecule has 1 fully saturated rings. The molecule has 2 bridgehead atoms. The molecule has 30 heavy (non-hydrogen) atoms. The highest BCUT2D eigenvalue weighted by molar-refractivity contribution is 5.28. The summed E-state index contributed by atoms with van der Waals surface area (Å²) in [5.74, 6) is 2.85. The van der Waals surface area contributed by atoms with Crippen molar-refractivity contribution in [3.8, 4) is 5.75 Å². The van der Waals surface area contributed by atoms with Gasteiger partial charge in [-0.1, -0.05) is 25.5 Å². The number of hydrogen-bond donors (Lipinski definition) is 1. The van der Waals surface area contributed by atoms with Crippen LogP contribution in [0.2, 0.25) is 0 Å². The number of aromatic nitrogens is 3. The summed E-state index contributed by atoms with van der Waals surface area (Å²) in [6, 6.07) is 9.45. The number of fused-ring (bicyclic) bond motifs is 3. The molecular weight excluding hydrogens is 374 g/mol. The van der Waals surface area contributed by atoms with Crippen molar-refractivity contribution in [1.82, 2.24) is 25.0 Å². The van der Waals surface area contributed by atoms with E-state index in [4.69, 9.17) is 4.74 Å². The topological polar surface area (TPSA) is 57.3 Å². The summed E-state index contributed by atoms with van der Waals surface area (Å²) in [4.78, 5) is 9.83. The summed E-state index contributed by atoms with van der Waals surface area (Å²) in [5.41, 5.74) is 1.40. The third kappa shape index (κ3) is 6.05. The molecule has 1 aromatic heterocycles. The average Bonchev–Trinajstić information content (AvgIpc) is 3.23. The fourth-order valence-corrected chi connectivity index (χ4v) is 4.79. The van der Waals surface area contributed by atoms with Gasteiger partial charge in [0.2, 0.25) is 0 Å². The third-order valence-electron chi connectivity index (χ3n) is 6.53. The normalized spacial score (nSPS) is 22.5. The van der Waals surface area contributed by atoms with Crippen LogP contribution in [-0.2, 0) is 19.4 Å². The number of piperidine rings is 1. The van der Waals surface area contributed by atoms with Crippen molar-refractivity contribution in [1.29, 1.82) is 0 Å². The molecule has 2 aromatic rings. The molecule has 6 nitrogen and oxygen atoms in total. The number of rotatable bonds is 3. The average molecular weight is 412 g/mol. The molecule has 1 saturated heterocycles. The molecule has 0 radical (unpaired) electrons. The van der Waals surface area contributed by atoms with Crippen LogP contribution in [0.15, 0.2) is 24.3 Å². The van der Waals surface area contributed by atoms with Crippen LogP contribution in [-0.4, -0.2) is 63.8 Å². The molecule has 0 saturated carbocycles. The van der Waals surface area contributed by atoms with E-state index in [9.17, 15) is 0 Å².